The number of carbonyl (C=O) groups excluding carboxylic acids is 1. The molecule has 0 aliphatic rings. The van der Waals surface area contributed by atoms with Crippen LogP contribution in [0.3, 0.4) is 0 Å². The fourth-order valence-electron chi connectivity index (χ4n) is 1.31. The van der Waals surface area contributed by atoms with E-state index in [4.69, 9.17) is 0 Å². The number of nitro groups is 1. The van der Waals surface area contributed by atoms with Crippen molar-refractivity contribution in [3.8, 4) is 0 Å². The van der Waals surface area contributed by atoms with Crippen molar-refractivity contribution in [2.75, 3.05) is 6.61 Å². The lowest BCUT2D eigenvalue weighted by Gasteiger charge is -2.08. The summed E-state index contributed by atoms with van der Waals surface area (Å²) >= 11 is 0. The molecule has 0 spiro atoms. The van der Waals surface area contributed by atoms with E-state index in [2.05, 4.69) is 4.74 Å². The van der Waals surface area contributed by atoms with Gasteiger partial charge in [0.05, 0.1) is 6.61 Å². The molecule has 1 unspecified atom stereocenters. The van der Waals surface area contributed by atoms with Gasteiger partial charge in [-0.25, -0.2) is 4.79 Å². The maximum absolute atomic E-state index is 11.4. The van der Waals surface area contributed by atoms with Gasteiger partial charge in [0.15, 0.2) is 0 Å². The predicted octanol–water partition coefficient (Wildman–Crippen LogP) is 1.88. The SMILES string of the molecule is CCOC(=O)C(c1ccc(C)cc1)[N+](=O)[O-]. The van der Waals surface area contributed by atoms with E-state index in [1.54, 1.807) is 31.2 Å². The number of ether oxygens (including phenoxy) is 1. The Kier molecular flexibility index (Phi) is 3.99. The molecule has 86 valence electrons. The second kappa shape index (κ2) is 5.25. The smallest absolute Gasteiger partial charge is 0.386 e. The molecule has 0 amide bonds. The molecule has 16 heavy (non-hydrogen) atoms. The van der Waals surface area contributed by atoms with Crippen LogP contribution in [0.15, 0.2) is 24.3 Å². The van der Waals surface area contributed by atoms with Crippen LogP contribution in [0.5, 0.6) is 0 Å². The van der Waals surface area contributed by atoms with Gasteiger partial charge in [-0.1, -0.05) is 29.8 Å². The Morgan fingerprint density at radius 3 is 2.44 bits per heavy atom. The average Bonchev–Trinajstić information content (AvgIpc) is 2.21. The summed E-state index contributed by atoms with van der Waals surface area (Å²) in [5.74, 6) is -0.823. The third kappa shape index (κ3) is 2.79. The molecule has 1 aromatic rings. The van der Waals surface area contributed by atoms with E-state index in [9.17, 15) is 14.9 Å². The minimum Gasteiger partial charge on any atom is -0.461 e. The highest BCUT2D eigenvalue weighted by molar-refractivity contribution is 5.76. The van der Waals surface area contributed by atoms with Crippen LogP contribution in [0.25, 0.3) is 0 Å². The Hall–Kier alpha value is -1.91. The van der Waals surface area contributed by atoms with Crippen molar-refractivity contribution < 1.29 is 14.5 Å². The van der Waals surface area contributed by atoms with Crippen LogP contribution in [0.1, 0.15) is 24.1 Å². The number of aryl methyl sites for hydroxylation is 1. The van der Waals surface area contributed by atoms with Gasteiger partial charge >= 0.3 is 12.0 Å². The molecule has 1 atom stereocenters. The molecule has 0 aliphatic heterocycles. The van der Waals surface area contributed by atoms with Crippen molar-refractivity contribution in [3.05, 3.63) is 45.5 Å². The van der Waals surface area contributed by atoms with Crippen molar-refractivity contribution in [1.29, 1.82) is 0 Å². The number of nitrogens with zero attached hydrogens (tertiary/aromatic N) is 1. The number of benzene rings is 1. The molecule has 0 bridgehead atoms. The zero-order chi connectivity index (χ0) is 12.1. The van der Waals surface area contributed by atoms with Gasteiger partial charge in [0.25, 0.3) is 0 Å². The molecule has 1 rings (SSSR count). The van der Waals surface area contributed by atoms with Crippen LogP contribution in [0, 0.1) is 17.0 Å². The van der Waals surface area contributed by atoms with Gasteiger partial charge in [-0.15, -0.1) is 0 Å². The van der Waals surface area contributed by atoms with Crippen LogP contribution in [0.2, 0.25) is 0 Å². The summed E-state index contributed by atoms with van der Waals surface area (Å²) in [5, 5.41) is 10.8. The molecule has 5 nitrogen and oxygen atoms in total. The maximum atomic E-state index is 11.4. The first-order valence-corrected chi connectivity index (χ1v) is 4.93. The van der Waals surface area contributed by atoms with Crippen LogP contribution < -0.4 is 0 Å². The van der Waals surface area contributed by atoms with Crippen molar-refractivity contribution in [2.45, 2.75) is 19.9 Å². The molecule has 0 heterocycles. The van der Waals surface area contributed by atoms with Crippen LogP contribution in [0.4, 0.5) is 0 Å². The molecule has 0 aromatic heterocycles. The van der Waals surface area contributed by atoms with E-state index >= 15 is 0 Å². The van der Waals surface area contributed by atoms with E-state index in [0.29, 0.717) is 5.56 Å². The van der Waals surface area contributed by atoms with Gasteiger partial charge < -0.3 is 4.74 Å². The lowest BCUT2D eigenvalue weighted by Crippen LogP contribution is -2.23. The summed E-state index contributed by atoms with van der Waals surface area (Å²) in [7, 11) is 0. The lowest BCUT2D eigenvalue weighted by molar-refractivity contribution is -0.516. The number of hydrogen-bond acceptors (Lipinski definition) is 4. The van der Waals surface area contributed by atoms with Gasteiger partial charge in [-0.2, -0.15) is 0 Å². The third-order valence-electron chi connectivity index (χ3n) is 2.11. The quantitative estimate of drug-likeness (QED) is 0.444. The molecular formula is C11H13NO4. The van der Waals surface area contributed by atoms with Gasteiger partial charge in [-0.3, -0.25) is 10.1 Å². The molecule has 0 fully saturated rings. The standard InChI is InChI=1S/C11H13NO4/c1-3-16-11(13)10(12(14)15)9-6-4-8(2)5-7-9/h4-7,10H,3H2,1-2H3. The zero-order valence-corrected chi connectivity index (χ0v) is 9.17. The van der Waals surface area contributed by atoms with Crippen molar-refractivity contribution in [3.63, 3.8) is 0 Å². The monoisotopic (exact) mass is 223 g/mol. The van der Waals surface area contributed by atoms with E-state index in [1.165, 1.54) is 0 Å². The maximum Gasteiger partial charge on any atom is 0.386 e. The molecule has 0 radical (unpaired) electrons. The van der Waals surface area contributed by atoms with Crippen molar-refractivity contribution in [1.82, 2.24) is 0 Å². The molecule has 5 heteroatoms. The molecular weight excluding hydrogens is 210 g/mol. The largest absolute Gasteiger partial charge is 0.461 e. The predicted molar refractivity (Wildman–Crippen MR) is 57.5 cm³/mol. The van der Waals surface area contributed by atoms with Crippen molar-refractivity contribution in [2.24, 2.45) is 0 Å². The van der Waals surface area contributed by atoms with E-state index in [1.807, 2.05) is 6.92 Å². The minimum atomic E-state index is -1.43. The first-order chi connectivity index (χ1) is 7.56. The highest BCUT2D eigenvalue weighted by Crippen LogP contribution is 2.18. The Balaban J connectivity index is 2.98. The molecule has 0 N–H and O–H groups in total. The van der Waals surface area contributed by atoms with Gasteiger partial charge in [-0.05, 0) is 13.8 Å². The minimum absolute atomic E-state index is 0.134. The summed E-state index contributed by atoms with van der Waals surface area (Å²) in [5.41, 5.74) is 1.32. The summed E-state index contributed by atoms with van der Waals surface area (Å²) in [6.45, 7) is 3.62. The Labute approximate surface area is 93.2 Å². The number of rotatable bonds is 4. The van der Waals surface area contributed by atoms with E-state index in [-0.39, 0.29) is 6.61 Å². The second-order valence-electron chi connectivity index (χ2n) is 3.35. The highest BCUT2D eigenvalue weighted by atomic mass is 16.6. The number of hydrogen-bond donors (Lipinski definition) is 0. The van der Waals surface area contributed by atoms with Gasteiger partial charge in [0.2, 0.25) is 0 Å². The third-order valence-corrected chi connectivity index (χ3v) is 2.11. The summed E-state index contributed by atoms with van der Waals surface area (Å²) in [6, 6.07) is 5.16. The van der Waals surface area contributed by atoms with Crippen LogP contribution in [-0.4, -0.2) is 17.5 Å². The molecule has 1 aromatic carbocycles. The summed E-state index contributed by atoms with van der Waals surface area (Å²) in [6.07, 6.45) is 0. The normalized spacial score (nSPS) is 11.9. The summed E-state index contributed by atoms with van der Waals surface area (Å²) in [4.78, 5) is 21.6. The van der Waals surface area contributed by atoms with Crippen LogP contribution >= 0.6 is 0 Å². The molecule has 0 aliphatic carbocycles. The Morgan fingerprint density at radius 2 is 2.00 bits per heavy atom. The molecule has 0 saturated heterocycles. The van der Waals surface area contributed by atoms with Crippen LogP contribution in [-0.2, 0) is 9.53 Å². The first-order valence-electron chi connectivity index (χ1n) is 4.93. The Bertz CT molecular complexity index is 385. The van der Waals surface area contributed by atoms with E-state index < -0.39 is 16.9 Å². The zero-order valence-electron chi connectivity index (χ0n) is 9.17. The average molecular weight is 223 g/mol. The topological polar surface area (TPSA) is 69.4 Å². The van der Waals surface area contributed by atoms with Crippen molar-refractivity contribution >= 4 is 5.97 Å². The lowest BCUT2D eigenvalue weighted by atomic mass is 10.1. The van der Waals surface area contributed by atoms with Gasteiger partial charge in [0, 0.05) is 10.5 Å². The molecule has 0 saturated carbocycles. The first kappa shape index (κ1) is 12.2. The highest BCUT2D eigenvalue weighted by Gasteiger charge is 2.33. The fourth-order valence-corrected chi connectivity index (χ4v) is 1.31. The second-order valence-corrected chi connectivity index (χ2v) is 3.35. The number of carbonyl (C=O) groups is 1. The fraction of sp³-hybridized carbons (Fsp3) is 0.364. The summed E-state index contributed by atoms with van der Waals surface area (Å²) < 4.78 is 4.67. The Morgan fingerprint density at radius 1 is 1.44 bits per heavy atom. The van der Waals surface area contributed by atoms with Gasteiger partial charge in [0.1, 0.15) is 0 Å². The number of esters is 1. The van der Waals surface area contributed by atoms with E-state index in [0.717, 1.165) is 5.56 Å².